The Balaban J connectivity index is 1.54. The van der Waals surface area contributed by atoms with Crippen LogP contribution in [-0.4, -0.2) is 65.8 Å². The molecule has 2 aliphatic rings. The second-order valence-electron chi connectivity index (χ2n) is 6.57. The Morgan fingerprint density at radius 3 is 2.96 bits per heavy atom. The SMILES string of the molecule is O=C([C@@H]1C[C@@H](F)CN1Cc1cccc2cc[nH]c12)N1CCOCC1. The second kappa shape index (κ2) is 6.53. The number of para-hydroxylation sites is 1. The Morgan fingerprint density at radius 1 is 1.29 bits per heavy atom. The maximum absolute atomic E-state index is 14.1. The second-order valence-corrected chi connectivity index (χ2v) is 6.57. The highest BCUT2D eigenvalue weighted by atomic mass is 19.1. The first-order chi connectivity index (χ1) is 11.7. The number of carbonyl (C=O) groups excluding carboxylic acids is 1. The monoisotopic (exact) mass is 331 g/mol. The number of aromatic amines is 1. The number of hydrogen-bond acceptors (Lipinski definition) is 3. The molecule has 2 aromatic rings. The van der Waals surface area contributed by atoms with Crippen LogP contribution in [0.2, 0.25) is 0 Å². The third kappa shape index (κ3) is 2.91. The van der Waals surface area contributed by atoms with Crippen molar-refractivity contribution in [1.82, 2.24) is 14.8 Å². The Bertz CT molecular complexity index is 726. The van der Waals surface area contributed by atoms with E-state index in [-0.39, 0.29) is 18.4 Å². The van der Waals surface area contributed by atoms with Gasteiger partial charge in [0, 0.05) is 44.3 Å². The lowest BCUT2D eigenvalue weighted by Gasteiger charge is -2.32. The molecule has 2 fully saturated rings. The van der Waals surface area contributed by atoms with Gasteiger partial charge in [-0.05, 0) is 17.0 Å². The molecule has 0 radical (unpaired) electrons. The molecule has 5 nitrogen and oxygen atoms in total. The van der Waals surface area contributed by atoms with E-state index in [1.807, 2.05) is 40.3 Å². The first-order valence-corrected chi connectivity index (χ1v) is 8.52. The molecule has 2 saturated heterocycles. The predicted octanol–water partition coefficient (Wildman–Crippen LogP) is 1.94. The predicted molar refractivity (Wildman–Crippen MR) is 89.4 cm³/mol. The smallest absolute Gasteiger partial charge is 0.240 e. The van der Waals surface area contributed by atoms with E-state index in [1.54, 1.807) is 0 Å². The molecule has 128 valence electrons. The van der Waals surface area contributed by atoms with E-state index in [1.165, 1.54) is 0 Å². The third-order valence-corrected chi connectivity index (χ3v) is 5.01. The van der Waals surface area contributed by atoms with E-state index in [4.69, 9.17) is 4.74 Å². The van der Waals surface area contributed by atoms with Gasteiger partial charge in [0.05, 0.1) is 19.3 Å². The Kier molecular flexibility index (Phi) is 4.24. The third-order valence-electron chi connectivity index (χ3n) is 5.01. The molecule has 6 heteroatoms. The molecule has 0 spiro atoms. The number of fused-ring (bicyclic) bond motifs is 1. The molecule has 1 aromatic carbocycles. The number of alkyl halides is 1. The quantitative estimate of drug-likeness (QED) is 0.935. The fraction of sp³-hybridized carbons (Fsp3) is 0.500. The van der Waals surface area contributed by atoms with Crippen LogP contribution in [0.4, 0.5) is 4.39 Å². The van der Waals surface area contributed by atoms with Crippen LogP contribution in [0.3, 0.4) is 0 Å². The van der Waals surface area contributed by atoms with Gasteiger partial charge in [0.15, 0.2) is 0 Å². The Hall–Kier alpha value is -1.92. The molecule has 2 atom stereocenters. The van der Waals surface area contributed by atoms with E-state index in [0.29, 0.717) is 39.4 Å². The van der Waals surface area contributed by atoms with Crippen LogP contribution in [0.1, 0.15) is 12.0 Å². The van der Waals surface area contributed by atoms with Gasteiger partial charge in [-0.3, -0.25) is 9.69 Å². The van der Waals surface area contributed by atoms with Gasteiger partial charge < -0.3 is 14.6 Å². The lowest BCUT2D eigenvalue weighted by molar-refractivity contribution is -0.140. The van der Waals surface area contributed by atoms with Crippen molar-refractivity contribution in [3.05, 3.63) is 36.0 Å². The Labute approximate surface area is 140 Å². The van der Waals surface area contributed by atoms with Gasteiger partial charge >= 0.3 is 0 Å². The van der Waals surface area contributed by atoms with Crippen LogP contribution >= 0.6 is 0 Å². The molecule has 0 unspecified atom stereocenters. The topological polar surface area (TPSA) is 48.6 Å². The van der Waals surface area contributed by atoms with Crippen molar-refractivity contribution < 1.29 is 13.9 Å². The zero-order chi connectivity index (χ0) is 16.5. The number of amides is 1. The number of aromatic nitrogens is 1. The average molecular weight is 331 g/mol. The van der Waals surface area contributed by atoms with Gasteiger partial charge in [0.25, 0.3) is 0 Å². The summed E-state index contributed by atoms with van der Waals surface area (Å²) in [6.45, 7) is 3.24. The van der Waals surface area contributed by atoms with E-state index < -0.39 is 6.17 Å². The van der Waals surface area contributed by atoms with Crippen LogP contribution in [0.5, 0.6) is 0 Å². The number of nitrogens with one attached hydrogen (secondary N) is 1. The summed E-state index contributed by atoms with van der Waals surface area (Å²) >= 11 is 0. The minimum atomic E-state index is -0.942. The minimum absolute atomic E-state index is 0.0390. The van der Waals surface area contributed by atoms with Gasteiger partial charge in [-0.15, -0.1) is 0 Å². The van der Waals surface area contributed by atoms with Crippen LogP contribution in [0.15, 0.2) is 30.5 Å². The molecule has 0 bridgehead atoms. The molecule has 0 aliphatic carbocycles. The molecule has 1 aromatic heterocycles. The Morgan fingerprint density at radius 2 is 2.12 bits per heavy atom. The number of carbonyl (C=O) groups is 1. The number of nitrogens with zero attached hydrogens (tertiary/aromatic N) is 2. The lowest BCUT2D eigenvalue weighted by atomic mass is 10.1. The van der Waals surface area contributed by atoms with E-state index in [9.17, 15) is 9.18 Å². The van der Waals surface area contributed by atoms with Crippen molar-refractivity contribution in [3.63, 3.8) is 0 Å². The van der Waals surface area contributed by atoms with Crippen molar-refractivity contribution >= 4 is 16.8 Å². The largest absolute Gasteiger partial charge is 0.378 e. The van der Waals surface area contributed by atoms with Crippen LogP contribution in [-0.2, 0) is 16.1 Å². The summed E-state index contributed by atoms with van der Waals surface area (Å²) in [5, 5.41) is 1.14. The maximum atomic E-state index is 14.1. The van der Waals surface area contributed by atoms with Crippen LogP contribution in [0.25, 0.3) is 10.9 Å². The number of H-pyrrole nitrogens is 1. The normalized spacial score (nSPS) is 25.5. The molecule has 1 amide bonds. The van der Waals surface area contributed by atoms with Crippen molar-refractivity contribution in [1.29, 1.82) is 0 Å². The van der Waals surface area contributed by atoms with Crippen LogP contribution in [0, 0.1) is 0 Å². The standard InChI is InChI=1S/C18H22FN3O2/c19-15-10-16(18(23)21-6-8-24-9-7-21)22(12-15)11-14-3-1-2-13-4-5-20-17(13)14/h1-5,15-16,20H,6-12H2/t15-,16+/m1/s1. The zero-order valence-corrected chi connectivity index (χ0v) is 13.6. The van der Waals surface area contributed by atoms with Gasteiger partial charge in [-0.25, -0.2) is 4.39 Å². The molecule has 3 heterocycles. The number of rotatable bonds is 3. The lowest BCUT2D eigenvalue weighted by Crippen LogP contribution is -2.49. The average Bonchev–Trinajstić information content (AvgIpc) is 3.22. The number of ether oxygens (including phenoxy) is 1. The summed E-state index contributed by atoms with van der Waals surface area (Å²) in [4.78, 5) is 19.9. The zero-order valence-electron chi connectivity index (χ0n) is 13.6. The van der Waals surface area contributed by atoms with Gasteiger partial charge in [-0.1, -0.05) is 18.2 Å². The van der Waals surface area contributed by atoms with Gasteiger partial charge in [0.1, 0.15) is 6.17 Å². The van der Waals surface area contributed by atoms with Gasteiger partial charge in [-0.2, -0.15) is 0 Å². The molecule has 1 N–H and O–H groups in total. The highest BCUT2D eigenvalue weighted by Gasteiger charge is 2.39. The highest BCUT2D eigenvalue weighted by Crippen LogP contribution is 2.27. The van der Waals surface area contributed by atoms with Crippen molar-refractivity contribution in [2.45, 2.75) is 25.2 Å². The fourth-order valence-electron chi connectivity index (χ4n) is 3.77. The molecular formula is C18H22FN3O2. The van der Waals surface area contributed by atoms with E-state index in [0.717, 1.165) is 16.5 Å². The number of likely N-dealkylation sites (tertiary alicyclic amines) is 1. The fourth-order valence-corrected chi connectivity index (χ4v) is 3.77. The van der Waals surface area contributed by atoms with E-state index in [2.05, 4.69) is 4.98 Å². The number of hydrogen-bond donors (Lipinski definition) is 1. The summed E-state index contributed by atoms with van der Waals surface area (Å²) in [6.07, 6.45) is 1.26. The molecule has 24 heavy (non-hydrogen) atoms. The molecule has 2 aliphatic heterocycles. The summed E-state index contributed by atoms with van der Waals surface area (Å²) in [6, 6.07) is 7.75. The summed E-state index contributed by atoms with van der Waals surface area (Å²) < 4.78 is 19.4. The van der Waals surface area contributed by atoms with E-state index >= 15 is 0 Å². The summed E-state index contributed by atoms with van der Waals surface area (Å²) in [5.74, 6) is 0.0390. The van der Waals surface area contributed by atoms with Gasteiger partial charge in [0.2, 0.25) is 5.91 Å². The first-order valence-electron chi connectivity index (χ1n) is 8.52. The van der Waals surface area contributed by atoms with Crippen LogP contribution < -0.4 is 0 Å². The number of halogens is 1. The maximum Gasteiger partial charge on any atom is 0.240 e. The minimum Gasteiger partial charge on any atom is -0.378 e. The summed E-state index contributed by atoms with van der Waals surface area (Å²) in [5.41, 5.74) is 2.17. The van der Waals surface area contributed by atoms with Crippen molar-refractivity contribution in [2.24, 2.45) is 0 Å². The molecular weight excluding hydrogens is 309 g/mol. The molecule has 0 saturated carbocycles. The highest BCUT2D eigenvalue weighted by molar-refractivity contribution is 5.84. The number of benzene rings is 1. The first kappa shape index (κ1) is 15.6. The summed E-state index contributed by atoms with van der Waals surface area (Å²) in [7, 11) is 0. The molecule has 4 rings (SSSR count). The van der Waals surface area contributed by atoms with Crippen molar-refractivity contribution in [2.75, 3.05) is 32.8 Å². The number of morpholine rings is 1. The van der Waals surface area contributed by atoms with Crippen molar-refractivity contribution in [3.8, 4) is 0 Å².